The van der Waals surface area contributed by atoms with Crippen LogP contribution < -0.4 is 0 Å². The summed E-state index contributed by atoms with van der Waals surface area (Å²) in [5.74, 6) is -2.02. The monoisotopic (exact) mass is 407 g/mol. The number of nitrogens with one attached hydrogen (secondary N) is 1. The van der Waals surface area contributed by atoms with Gasteiger partial charge in [-0.25, -0.2) is 4.79 Å². The van der Waals surface area contributed by atoms with Crippen molar-refractivity contribution in [3.63, 3.8) is 0 Å². The van der Waals surface area contributed by atoms with Crippen LogP contribution >= 0.6 is 11.3 Å². The molecule has 148 valence electrons. The van der Waals surface area contributed by atoms with Crippen molar-refractivity contribution < 1.29 is 9.53 Å². The second kappa shape index (κ2) is 7.35. The Morgan fingerprint density at radius 3 is 2.55 bits per heavy atom. The number of ether oxygens (including phenoxy) is 1. The van der Waals surface area contributed by atoms with Gasteiger partial charge in [-0.05, 0) is 48.7 Å². The highest BCUT2D eigenvalue weighted by Gasteiger charge is 2.58. The lowest BCUT2D eigenvalue weighted by Gasteiger charge is -2.47. The van der Waals surface area contributed by atoms with Gasteiger partial charge < -0.3 is 15.0 Å². The Kier molecular flexibility index (Phi) is 5.22. The maximum atomic E-state index is 12.6. The van der Waals surface area contributed by atoms with Crippen LogP contribution in [0.5, 0.6) is 0 Å². The molecule has 2 heterocycles. The van der Waals surface area contributed by atoms with Gasteiger partial charge in [0.05, 0.1) is 23.9 Å². The van der Waals surface area contributed by atoms with Gasteiger partial charge in [-0.3, -0.25) is 0 Å². The summed E-state index contributed by atoms with van der Waals surface area (Å²) in [5, 5.41) is 41.9. The first-order chi connectivity index (χ1) is 13.7. The average molecular weight is 407 g/mol. The highest BCUT2D eigenvalue weighted by atomic mass is 32.1. The van der Waals surface area contributed by atoms with Gasteiger partial charge in [0, 0.05) is 24.9 Å². The number of nitriles is 3. The number of hydrogen-bond acceptors (Lipinski definition) is 7. The van der Waals surface area contributed by atoms with Gasteiger partial charge in [0.2, 0.25) is 0 Å². The molecule has 0 spiro atoms. The Hall–Kier alpha value is -3.15. The summed E-state index contributed by atoms with van der Waals surface area (Å²) in [6, 6.07) is 8.02. The molecule has 3 rings (SSSR count). The standard InChI is InChI=1S/C21H21N5O2S/c1-20(2,3)28-19(27)26-6-4-14-15(8-22)18(25)21(11-23,12-24)17(16(14)9-26)13-5-7-29-10-13/h4-5,7,10,15-17,25H,6,9H2,1-3H3/t15?,16-,17+/m0/s1. The van der Waals surface area contributed by atoms with E-state index in [-0.39, 0.29) is 18.8 Å². The van der Waals surface area contributed by atoms with E-state index in [0.717, 1.165) is 5.56 Å². The van der Waals surface area contributed by atoms with Crippen LogP contribution in [0.1, 0.15) is 32.3 Å². The zero-order chi connectivity index (χ0) is 21.4. The van der Waals surface area contributed by atoms with Gasteiger partial charge in [-0.2, -0.15) is 27.1 Å². The average Bonchev–Trinajstić information content (AvgIpc) is 3.19. The van der Waals surface area contributed by atoms with Gasteiger partial charge in [0.1, 0.15) is 11.5 Å². The van der Waals surface area contributed by atoms with Crippen LogP contribution in [0.4, 0.5) is 4.79 Å². The van der Waals surface area contributed by atoms with Crippen LogP contribution in [-0.4, -0.2) is 35.4 Å². The smallest absolute Gasteiger partial charge is 0.410 e. The van der Waals surface area contributed by atoms with Crippen LogP contribution in [0.15, 0.2) is 28.5 Å². The minimum absolute atomic E-state index is 0.186. The maximum absolute atomic E-state index is 12.6. The molecule has 1 aliphatic heterocycles. The minimum Gasteiger partial charge on any atom is -0.444 e. The third-order valence-electron chi connectivity index (χ3n) is 5.34. The molecule has 7 nitrogen and oxygen atoms in total. The molecular formula is C21H21N5O2S. The summed E-state index contributed by atoms with van der Waals surface area (Å²) in [6.07, 6.45) is 1.30. The Bertz CT molecular complexity index is 970. The van der Waals surface area contributed by atoms with E-state index in [4.69, 9.17) is 10.1 Å². The normalized spacial score (nSPS) is 25.7. The first-order valence-electron chi connectivity index (χ1n) is 9.19. The molecule has 1 aliphatic carbocycles. The Morgan fingerprint density at radius 2 is 2.03 bits per heavy atom. The van der Waals surface area contributed by atoms with Gasteiger partial charge in [0.15, 0.2) is 5.41 Å². The van der Waals surface area contributed by atoms with E-state index in [1.807, 2.05) is 29.0 Å². The predicted molar refractivity (Wildman–Crippen MR) is 107 cm³/mol. The Balaban J connectivity index is 2.10. The van der Waals surface area contributed by atoms with E-state index < -0.39 is 34.9 Å². The first-order valence-corrected chi connectivity index (χ1v) is 10.1. The summed E-state index contributed by atoms with van der Waals surface area (Å²) in [6.45, 7) is 5.84. The first kappa shape index (κ1) is 20.6. The zero-order valence-electron chi connectivity index (χ0n) is 16.5. The summed E-state index contributed by atoms with van der Waals surface area (Å²) >= 11 is 1.44. The molecule has 3 atom stereocenters. The number of carbonyl (C=O) groups is 1. The van der Waals surface area contributed by atoms with Crippen molar-refractivity contribution in [1.82, 2.24) is 4.90 Å². The third kappa shape index (κ3) is 3.39. The molecule has 0 saturated heterocycles. The largest absolute Gasteiger partial charge is 0.444 e. The number of nitrogens with zero attached hydrogens (tertiary/aromatic N) is 4. The second-order valence-electron chi connectivity index (χ2n) is 8.24. The molecule has 1 fully saturated rings. The maximum Gasteiger partial charge on any atom is 0.410 e. The lowest BCUT2D eigenvalue weighted by atomic mass is 9.54. The number of fused-ring (bicyclic) bond motifs is 1. The van der Waals surface area contributed by atoms with Crippen molar-refractivity contribution >= 4 is 23.1 Å². The zero-order valence-corrected chi connectivity index (χ0v) is 17.3. The quantitative estimate of drug-likeness (QED) is 0.708. The van der Waals surface area contributed by atoms with Crippen molar-refractivity contribution in [3.8, 4) is 18.2 Å². The predicted octanol–water partition coefficient (Wildman–Crippen LogP) is 3.83. The van der Waals surface area contributed by atoms with Crippen LogP contribution in [-0.2, 0) is 4.74 Å². The lowest BCUT2D eigenvalue weighted by Crippen LogP contribution is -2.54. The molecule has 29 heavy (non-hydrogen) atoms. The van der Waals surface area contributed by atoms with Crippen molar-refractivity contribution in [2.75, 3.05) is 13.1 Å². The van der Waals surface area contributed by atoms with E-state index in [1.54, 1.807) is 26.8 Å². The van der Waals surface area contributed by atoms with Crippen LogP contribution in [0, 0.1) is 56.7 Å². The minimum atomic E-state index is -1.76. The third-order valence-corrected chi connectivity index (χ3v) is 6.05. The van der Waals surface area contributed by atoms with Crippen molar-refractivity contribution in [2.45, 2.75) is 32.3 Å². The molecular weight excluding hydrogens is 386 g/mol. The van der Waals surface area contributed by atoms with E-state index in [0.29, 0.717) is 5.57 Å². The fourth-order valence-electron chi connectivity index (χ4n) is 4.11. The number of hydrogen-bond donors (Lipinski definition) is 1. The molecule has 1 amide bonds. The van der Waals surface area contributed by atoms with Crippen molar-refractivity contribution in [1.29, 1.82) is 21.2 Å². The van der Waals surface area contributed by atoms with Crippen molar-refractivity contribution in [2.24, 2.45) is 17.3 Å². The van der Waals surface area contributed by atoms with Crippen LogP contribution in [0.3, 0.4) is 0 Å². The van der Waals surface area contributed by atoms with E-state index >= 15 is 0 Å². The Morgan fingerprint density at radius 1 is 1.34 bits per heavy atom. The van der Waals surface area contributed by atoms with Crippen molar-refractivity contribution in [3.05, 3.63) is 34.0 Å². The van der Waals surface area contributed by atoms with Crippen LogP contribution in [0.25, 0.3) is 0 Å². The highest BCUT2D eigenvalue weighted by Crippen LogP contribution is 2.53. The molecule has 8 heteroatoms. The van der Waals surface area contributed by atoms with E-state index in [2.05, 4.69) is 6.07 Å². The number of thiophene rings is 1. The van der Waals surface area contributed by atoms with Gasteiger partial charge in [0.25, 0.3) is 0 Å². The highest BCUT2D eigenvalue weighted by molar-refractivity contribution is 7.08. The molecule has 1 aromatic heterocycles. The molecule has 0 aromatic carbocycles. The molecule has 1 N–H and O–H groups in total. The summed E-state index contributed by atoms with van der Waals surface area (Å²) < 4.78 is 5.48. The van der Waals surface area contributed by atoms with Gasteiger partial charge >= 0.3 is 6.09 Å². The molecule has 0 radical (unpaired) electrons. The van der Waals surface area contributed by atoms with Crippen LogP contribution in [0.2, 0.25) is 0 Å². The lowest BCUT2D eigenvalue weighted by molar-refractivity contribution is 0.0222. The molecule has 0 bridgehead atoms. The fourth-order valence-corrected chi connectivity index (χ4v) is 4.81. The topological polar surface area (TPSA) is 125 Å². The van der Waals surface area contributed by atoms with Gasteiger partial charge in [-0.1, -0.05) is 6.08 Å². The molecule has 2 aliphatic rings. The number of amides is 1. The fraction of sp³-hybridized carbons (Fsp3) is 0.476. The second-order valence-corrected chi connectivity index (χ2v) is 9.02. The summed E-state index contributed by atoms with van der Waals surface area (Å²) in [5.41, 5.74) is -1.13. The molecule has 1 aromatic rings. The molecule has 1 unspecified atom stereocenters. The van der Waals surface area contributed by atoms with E-state index in [9.17, 15) is 20.6 Å². The number of rotatable bonds is 1. The van der Waals surface area contributed by atoms with E-state index in [1.165, 1.54) is 16.2 Å². The number of carbonyl (C=O) groups excluding carboxylic acids is 1. The molecule has 1 saturated carbocycles. The Labute approximate surface area is 173 Å². The summed E-state index contributed by atoms with van der Waals surface area (Å²) in [7, 11) is 0. The SMILES string of the molecule is CC(C)(C)OC(=O)N1CC=C2C(C#N)C(=N)C(C#N)(C#N)[C@H](c3ccsc3)[C@H]2C1. The van der Waals surface area contributed by atoms with Gasteiger partial charge in [-0.15, -0.1) is 0 Å². The summed E-state index contributed by atoms with van der Waals surface area (Å²) in [4.78, 5) is 14.2.